The van der Waals surface area contributed by atoms with Gasteiger partial charge in [-0.05, 0) is 37.1 Å². The molecule has 0 spiro atoms. The minimum Gasteiger partial charge on any atom is -0.479 e. The fourth-order valence-electron chi connectivity index (χ4n) is 2.17. The van der Waals surface area contributed by atoms with E-state index in [1.807, 2.05) is 19.9 Å². The maximum absolute atomic E-state index is 12.3. The summed E-state index contributed by atoms with van der Waals surface area (Å²) in [5, 5.41) is 8.97. The van der Waals surface area contributed by atoms with Gasteiger partial charge in [-0.3, -0.25) is 4.79 Å². The van der Waals surface area contributed by atoms with Gasteiger partial charge in [-0.2, -0.15) is 0 Å². The summed E-state index contributed by atoms with van der Waals surface area (Å²) in [6, 6.07) is 4.09. The van der Waals surface area contributed by atoms with E-state index in [9.17, 15) is 9.59 Å². The van der Waals surface area contributed by atoms with Crippen LogP contribution in [-0.4, -0.2) is 53.4 Å². The summed E-state index contributed by atoms with van der Waals surface area (Å²) in [6.07, 6.45) is -0.917. The summed E-state index contributed by atoms with van der Waals surface area (Å²) in [6.45, 7) is 4.85. The standard InChI is InChI=1S/C15H18BrNO4S/c1-9-6-13(10(2)5-11(9)16)22-8-14(18)17-3-4-21-12(7-17)15(19)20/h5-6,12H,3-4,7-8H2,1-2H3,(H,19,20). The zero-order valence-electron chi connectivity index (χ0n) is 12.5. The molecule has 1 saturated heterocycles. The monoisotopic (exact) mass is 387 g/mol. The van der Waals surface area contributed by atoms with Gasteiger partial charge in [0.2, 0.25) is 5.91 Å². The van der Waals surface area contributed by atoms with Gasteiger partial charge in [0.05, 0.1) is 18.9 Å². The molecule has 1 amide bonds. The highest BCUT2D eigenvalue weighted by Gasteiger charge is 2.28. The maximum atomic E-state index is 12.3. The Hall–Kier alpha value is -1.05. The Balaban J connectivity index is 1.95. The first-order chi connectivity index (χ1) is 10.4. The molecule has 1 fully saturated rings. The van der Waals surface area contributed by atoms with Crippen LogP contribution in [0.15, 0.2) is 21.5 Å². The van der Waals surface area contributed by atoms with Crippen LogP contribution >= 0.6 is 27.7 Å². The predicted molar refractivity (Wildman–Crippen MR) is 88.3 cm³/mol. The average Bonchev–Trinajstić information content (AvgIpc) is 2.49. The molecule has 0 bridgehead atoms. The van der Waals surface area contributed by atoms with Crippen LogP contribution in [0.4, 0.5) is 0 Å². The van der Waals surface area contributed by atoms with Crippen molar-refractivity contribution in [3.05, 3.63) is 27.7 Å². The van der Waals surface area contributed by atoms with E-state index < -0.39 is 12.1 Å². The van der Waals surface area contributed by atoms with Gasteiger partial charge in [0.25, 0.3) is 0 Å². The number of carbonyl (C=O) groups excluding carboxylic acids is 1. The largest absolute Gasteiger partial charge is 0.479 e. The molecule has 0 saturated carbocycles. The predicted octanol–water partition coefficient (Wildman–Crippen LogP) is 2.47. The first kappa shape index (κ1) is 17.3. The third-order valence-electron chi connectivity index (χ3n) is 3.50. The smallest absolute Gasteiger partial charge is 0.334 e. The summed E-state index contributed by atoms with van der Waals surface area (Å²) in [4.78, 5) is 25.8. The van der Waals surface area contributed by atoms with Gasteiger partial charge in [0, 0.05) is 15.9 Å². The first-order valence-corrected chi connectivity index (χ1v) is 8.68. The van der Waals surface area contributed by atoms with Gasteiger partial charge >= 0.3 is 5.97 Å². The normalized spacial score (nSPS) is 18.3. The second-order valence-electron chi connectivity index (χ2n) is 5.19. The Bertz CT molecular complexity index is 593. The van der Waals surface area contributed by atoms with Crippen molar-refractivity contribution in [3.63, 3.8) is 0 Å². The summed E-state index contributed by atoms with van der Waals surface area (Å²) < 4.78 is 6.18. The molecule has 22 heavy (non-hydrogen) atoms. The van der Waals surface area contributed by atoms with Crippen LogP contribution < -0.4 is 0 Å². The number of benzene rings is 1. The Kier molecular flexibility index (Phi) is 5.88. The second-order valence-corrected chi connectivity index (χ2v) is 7.06. The molecule has 1 atom stereocenters. The van der Waals surface area contributed by atoms with Crippen LogP contribution in [0.1, 0.15) is 11.1 Å². The molecule has 1 aliphatic rings. The Morgan fingerprint density at radius 3 is 2.82 bits per heavy atom. The molecule has 120 valence electrons. The lowest BCUT2D eigenvalue weighted by molar-refractivity contribution is -0.158. The van der Waals surface area contributed by atoms with Crippen molar-refractivity contribution >= 4 is 39.6 Å². The van der Waals surface area contributed by atoms with Crippen molar-refractivity contribution in [2.75, 3.05) is 25.4 Å². The van der Waals surface area contributed by atoms with Crippen molar-refractivity contribution in [2.24, 2.45) is 0 Å². The molecule has 1 aromatic rings. The number of hydrogen-bond acceptors (Lipinski definition) is 4. The minimum absolute atomic E-state index is 0.0560. The number of carboxylic acids is 1. The quantitative estimate of drug-likeness (QED) is 0.803. The maximum Gasteiger partial charge on any atom is 0.334 e. The van der Waals surface area contributed by atoms with Gasteiger partial charge in [-0.1, -0.05) is 15.9 Å². The number of rotatable bonds is 4. The highest BCUT2D eigenvalue weighted by atomic mass is 79.9. The van der Waals surface area contributed by atoms with Crippen LogP contribution in [-0.2, 0) is 14.3 Å². The highest BCUT2D eigenvalue weighted by Crippen LogP contribution is 2.28. The molecule has 0 aliphatic carbocycles. The molecule has 0 aromatic heterocycles. The van der Waals surface area contributed by atoms with Crippen LogP contribution in [0.25, 0.3) is 0 Å². The third kappa shape index (κ3) is 4.24. The minimum atomic E-state index is -1.02. The molecule has 5 nitrogen and oxygen atoms in total. The van der Waals surface area contributed by atoms with Crippen molar-refractivity contribution in [1.29, 1.82) is 0 Å². The highest BCUT2D eigenvalue weighted by molar-refractivity contribution is 9.10. The van der Waals surface area contributed by atoms with Gasteiger partial charge in [0.15, 0.2) is 6.10 Å². The lowest BCUT2D eigenvalue weighted by atomic mass is 10.2. The molecular formula is C15H18BrNO4S. The summed E-state index contributed by atoms with van der Waals surface area (Å²) in [5.74, 6) is -0.780. The molecule has 1 aromatic carbocycles. The van der Waals surface area contributed by atoms with Crippen LogP contribution in [0.3, 0.4) is 0 Å². The number of carboxylic acid groups (broad SMARTS) is 1. The fourth-order valence-corrected chi connectivity index (χ4v) is 3.63. The SMILES string of the molecule is Cc1cc(SCC(=O)N2CCOC(C(=O)O)C2)c(C)cc1Br. The van der Waals surface area contributed by atoms with E-state index in [4.69, 9.17) is 9.84 Å². The van der Waals surface area contributed by atoms with Crippen LogP contribution in [0.2, 0.25) is 0 Å². The van der Waals surface area contributed by atoms with E-state index in [-0.39, 0.29) is 19.1 Å². The molecule has 1 aliphatic heterocycles. The molecule has 2 rings (SSSR count). The lowest BCUT2D eigenvalue weighted by Crippen LogP contribution is -2.49. The summed E-state index contributed by atoms with van der Waals surface area (Å²) in [7, 11) is 0. The fraction of sp³-hybridized carbons (Fsp3) is 0.467. The van der Waals surface area contributed by atoms with E-state index in [0.29, 0.717) is 12.3 Å². The zero-order chi connectivity index (χ0) is 16.3. The van der Waals surface area contributed by atoms with Gasteiger partial charge in [0.1, 0.15) is 0 Å². The number of hydrogen-bond donors (Lipinski definition) is 1. The Morgan fingerprint density at radius 1 is 1.41 bits per heavy atom. The number of amides is 1. The summed E-state index contributed by atoms with van der Waals surface area (Å²) >= 11 is 4.97. The summed E-state index contributed by atoms with van der Waals surface area (Å²) in [5.41, 5.74) is 2.23. The number of thioether (sulfide) groups is 1. The molecule has 0 radical (unpaired) electrons. The number of aryl methyl sites for hydroxylation is 2. The molecule has 1 heterocycles. The average molecular weight is 388 g/mol. The number of halogens is 1. The Morgan fingerprint density at radius 2 is 2.14 bits per heavy atom. The number of nitrogens with zero attached hydrogens (tertiary/aromatic N) is 1. The molecule has 1 N–H and O–H groups in total. The van der Waals surface area contributed by atoms with E-state index in [0.717, 1.165) is 20.5 Å². The van der Waals surface area contributed by atoms with Gasteiger partial charge in [-0.15, -0.1) is 11.8 Å². The Labute approximate surface area is 142 Å². The molecule has 7 heteroatoms. The van der Waals surface area contributed by atoms with Crippen molar-refractivity contribution in [3.8, 4) is 0 Å². The van der Waals surface area contributed by atoms with Crippen molar-refractivity contribution in [1.82, 2.24) is 4.90 Å². The lowest BCUT2D eigenvalue weighted by Gasteiger charge is -2.30. The van der Waals surface area contributed by atoms with Crippen LogP contribution in [0, 0.1) is 13.8 Å². The number of aliphatic carboxylic acids is 1. The van der Waals surface area contributed by atoms with E-state index in [1.54, 1.807) is 4.90 Å². The molecular weight excluding hydrogens is 370 g/mol. The number of carbonyl (C=O) groups is 2. The van der Waals surface area contributed by atoms with Crippen molar-refractivity contribution < 1.29 is 19.4 Å². The molecule has 1 unspecified atom stereocenters. The van der Waals surface area contributed by atoms with Gasteiger partial charge < -0.3 is 14.7 Å². The first-order valence-electron chi connectivity index (χ1n) is 6.90. The van der Waals surface area contributed by atoms with Crippen molar-refractivity contribution in [2.45, 2.75) is 24.8 Å². The number of ether oxygens (including phenoxy) is 1. The zero-order valence-corrected chi connectivity index (χ0v) is 14.9. The van der Waals surface area contributed by atoms with Gasteiger partial charge in [-0.25, -0.2) is 4.79 Å². The van der Waals surface area contributed by atoms with Crippen LogP contribution in [0.5, 0.6) is 0 Å². The topological polar surface area (TPSA) is 66.8 Å². The van der Waals surface area contributed by atoms with E-state index >= 15 is 0 Å². The third-order valence-corrected chi connectivity index (χ3v) is 5.50. The number of morpholine rings is 1. The van der Waals surface area contributed by atoms with E-state index in [2.05, 4.69) is 22.0 Å². The van der Waals surface area contributed by atoms with E-state index in [1.165, 1.54) is 11.8 Å². The second kappa shape index (κ2) is 7.48.